The Labute approximate surface area is 128 Å². The van der Waals surface area contributed by atoms with Crippen molar-refractivity contribution in [3.05, 3.63) is 23.5 Å². The van der Waals surface area contributed by atoms with E-state index in [4.69, 9.17) is 5.73 Å². The summed E-state index contributed by atoms with van der Waals surface area (Å²) in [6.45, 7) is 4.65. The topological polar surface area (TPSA) is 112 Å². The molecule has 1 aliphatic heterocycles. The fourth-order valence-electron chi connectivity index (χ4n) is 2.66. The lowest BCUT2D eigenvalue weighted by atomic mass is 9.99. The van der Waals surface area contributed by atoms with Crippen LogP contribution in [-0.2, 0) is 6.54 Å². The lowest BCUT2D eigenvalue weighted by molar-refractivity contribution is 0.0995. The van der Waals surface area contributed by atoms with Gasteiger partial charge in [0.15, 0.2) is 0 Å². The van der Waals surface area contributed by atoms with Crippen LogP contribution in [0, 0.1) is 12.8 Å². The van der Waals surface area contributed by atoms with Crippen molar-refractivity contribution < 1.29 is 4.79 Å². The number of nitrogens with one attached hydrogen (secondary N) is 1. The third-order valence-corrected chi connectivity index (χ3v) is 3.80. The maximum Gasteiger partial charge on any atom is 0.267 e. The Morgan fingerprint density at radius 3 is 2.91 bits per heavy atom. The molecule has 0 bridgehead atoms. The average molecular weight is 301 g/mol. The molecule has 22 heavy (non-hydrogen) atoms. The number of carbonyl (C=O) groups is 1. The van der Waals surface area contributed by atoms with E-state index in [-0.39, 0.29) is 5.69 Å². The molecule has 8 heteroatoms. The van der Waals surface area contributed by atoms with Crippen molar-refractivity contribution in [2.75, 3.05) is 13.1 Å². The number of rotatable bonds is 4. The van der Waals surface area contributed by atoms with Gasteiger partial charge in [-0.2, -0.15) is 4.80 Å². The van der Waals surface area contributed by atoms with Gasteiger partial charge in [0.2, 0.25) is 5.82 Å². The van der Waals surface area contributed by atoms with Crippen LogP contribution < -0.4 is 11.1 Å². The zero-order valence-corrected chi connectivity index (χ0v) is 12.5. The smallest absolute Gasteiger partial charge is 0.267 e. The van der Waals surface area contributed by atoms with Crippen molar-refractivity contribution in [1.82, 2.24) is 30.5 Å². The quantitative estimate of drug-likeness (QED) is 0.831. The van der Waals surface area contributed by atoms with Crippen LogP contribution in [0.2, 0.25) is 0 Å². The number of piperidine rings is 1. The summed E-state index contributed by atoms with van der Waals surface area (Å²) in [5.74, 6) is 0.498. The second-order valence-corrected chi connectivity index (χ2v) is 5.61. The van der Waals surface area contributed by atoms with E-state index in [0.29, 0.717) is 23.0 Å². The minimum Gasteiger partial charge on any atom is -0.364 e. The summed E-state index contributed by atoms with van der Waals surface area (Å²) in [6.07, 6.45) is 2.24. The number of amides is 1. The Hall–Kier alpha value is -2.35. The highest BCUT2D eigenvalue weighted by Crippen LogP contribution is 2.17. The lowest BCUT2D eigenvalue weighted by Crippen LogP contribution is -2.30. The van der Waals surface area contributed by atoms with Crippen LogP contribution in [0.3, 0.4) is 0 Å². The van der Waals surface area contributed by atoms with Gasteiger partial charge in [-0.25, -0.2) is 4.98 Å². The molecule has 2 aromatic heterocycles. The molecule has 0 unspecified atom stereocenters. The molecule has 3 rings (SSSR count). The Kier molecular flexibility index (Phi) is 4.10. The number of aromatic nitrogens is 5. The fraction of sp³-hybridized carbons (Fsp3) is 0.500. The molecule has 1 saturated heterocycles. The molecule has 1 amide bonds. The van der Waals surface area contributed by atoms with Crippen molar-refractivity contribution >= 4 is 5.91 Å². The summed E-state index contributed by atoms with van der Waals surface area (Å²) >= 11 is 0. The molecule has 1 fully saturated rings. The molecule has 0 spiro atoms. The van der Waals surface area contributed by atoms with Crippen LogP contribution in [0.1, 0.15) is 29.0 Å². The second kappa shape index (κ2) is 6.18. The van der Waals surface area contributed by atoms with E-state index in [2.05, 4.69) is 25.7 Å². The molecule has 3 N–H and O–H groups in total. The molecule has 0 aromatic carbocycles. The van der Waals surface area contributed by atoms with Crippen molar-refractivity contribution in [2.45, 2.75) is 26.3 Å². The Morgan fingerprint density at radius 2 is 2.18 bits per heavy atom. The largest absolute Gasteiger partial charge is 0.364 e. The van der Waals surface area contributed by atoms with E-state index < -0.39 is 5.91 Å². The highest BCUT2D eigenvalue weighted by atomic mass is 16.1. The summed E-state index contributed by atoms with van der Waals surface area (Å²) in [5.41, 5.74) is 6.90. The Balaban J connectivity index is 1.79. The van der Waals surface area contributed by atoms with Crippen molar-refractivity contribution in [2.24, 2.45) is 11.7 Å². The van der Waals surface area contributed by atoms with E-state index in [9.17, 15) is 4.79 Å². The van der Waals surface area contributed by atoms with Gasteiger partial charge in [0.05, 0.1) is 6.54 Å². The number of carbonyl (C=O) groups excluding carboxylic acids is 1. The predicted molar refractivity (Wildman–Crippen MR) is 79.9 cm³/mol. The molecule has 0 atom stereocenters. The molecule has 116 valence electrons. The highest BCUT2D eigenvalue weighted by molar-refractivity contribution is 5.91. The van der Waals surface area contributed by atoms with Crippen molar-refractivity contribution in [3.8, 4) is 11.4 Å². The molecule has 1 aliphatic rings. The first-order chi connectivity index (χ1) is 10.6. The summed E-state index contributed by atoms with van der Waals surface area (Å²) in [6, 6.07) is 3.42. The normalized spacial score (nSPS) is 15.9. The summed E-state index contributed by atoms with van der Waals surface area (Å²) in [7, 11) is 0. The lowest BCUT2D eigenvalue weighted by Gasteiger charge is -2.21. The number of primary amides is 1. The number of pyridine rings is 1. The zero-order chi connectivity index (χ0) is 15.5. The van der Waals surface area contributed by atoms with Crippen molar-refractivity contribution in [3.63, 3.8) is 0 Å². The molecule has 0 radical (unpaired) electrons. The van der Waals surface area contributed by atoms with Gasteiger partial charge in [-0.1, -0.05) is 0 Å². The Bertz CT molecular complexity index is 676. The monoisotopic (exact) mass is 301 g/mol. The average Bonchev–Trinajstić information content (AvgIpc) is 2.96. The van der Waals surface area contributed by atoms with Gasteiger partial charge in [-0.05, 0) is 56.1 Å². The van der Waals surface area contributed by atoms with Gasteiger partial charge in [-0.3, -0.25) is 4.79 Å². The minimum atomic E-state index is -0.563. The van der Waals surface area contributed by atoms with Gasteiger partial charge >= 0.3 is 0 Å². The molecular formula is C14H19N7O. The highest BCUT2D eigenvalue weighted by Gasteiger charge is 2.16. The van der Waals surface area contributed by atoms with Crippen LogP contribution in [0.5, 0.6) is 0 Å². The van der Waals surface area contributed by atoms with Gasteiger partial charge in [0, 0.05) is 11.3 Å². The number of hydrogen-bond acceptors (Lipinski definition) is 6. The maximum atomic E-state index is 11.3. The molecule has 3 heterocycles. The number of aryl methyl sites for hydroxylation is 1. The Morgan fingerprint density at radius 1 is 1.41 bits per heavy atom. The zero-order valence-electron chi connectivity index (χ0n) is 12.5. The minimum absolute atomic E-state index is 0.213. The molecule has 0 saturated carbocycles. The predicted octanol–water partition coefficient (Wildman–Crippen LogP) is 0.142. The molecular weight excluding hydrogens is 282 g/mol. The maximum absolute atomic E-state index is 11.3. The van der Waals surface area contributed by atoms with E-state index in [0.717, 1.165) is 32.5 Å². The van der Waals surface area contributed by atoms with Gasteiger partial charge in [0.25, 0.3) is 5.91 Å². The number of nitrogens with zero attached hydrogens (tertiary/aromatic N) is 5. The van der Waals surface area contributed by atoms with Gasteiger partial charge < -0.3 is 11.1 Å². The standard InChI is InChI=1S/C14H19N7O/c1-9-6-11(7-12(17-9)13(15)22)14-18-20-21(19-14)8-10-2-4-16-5-3-10/h6-7,10,16H,2-5,8H2,1H3,(H2,15,22). The number of hydrogen-bond donors (Lipinski definition) is 2. The first-order valence-electron chi connectivity index (χ1n) is 7.39. The molecule has 2 aromatic rings. The van der Waals surface area contributed by atoms with E-state index in [1.54, 1.807) is 17.8 Å². The van der Waals surface area contributed by atoms with E-state index >= 15 is 0 Å². The van der Waals surface area contributed by atoms with E-state index in [1.165, 1.54) is 0 Å². The number of tetrazole rings is 1. The first kappa shape index (κ1) is 14.6. The van der Waals surface area contributed by atoms with Crippen LogP contribution in [0.15, 0.2) is 12.1 Å². The van der Waals surface area contributed by atoms with Gasteiger partial charge in [0.1, 0.15) is 5.69 Å². The van der Waals surface area contributed by atoms with Crippen LogP contribution >= 0.6 is 0 Å². The van der Waals surface area contributed by atoms with Crippen LogP contribution in [0.4, 0.5) is 0 Å². The van der Waals surface area contributed by atoms with E-state index in [1.807, 2.05) is 6.07 Å². The SMILES string of the molecule is Cc1cc(-c2nnn(CC3CCNCC3)n2)cc(C(N)=O)n1. The second-order valence-electron chi connectivity index (χ2n) is 5.61. The number of nitrogens with two attached hydrogens (primary N) is 1. The first-order valence-corrected chi connectivity index (χ1v) is 7.39. The molecule has 8 nitrogen and oxygen atoms in total. The molecule has 0 aliphatic carbocycles. The summed E-state index contributed by atoms with van der Waals surface area (Å²) in [5, 5.41) is 15.9. The summed E-state index contributed by atoms with van der Waals surface area (Å²) < 4.78 is 0. The van der Waals surface area contributed by atoms with Crippen LogP contribution in [0.25, 0.3) is 11.4 Å². The van der Waals surface area contributed by atoms with Crippen LogP contribution in [-0.4, -0.2) is 44.2 Å². The van der Waals surface area contributed by atoms with Crippen molar-refractivity contribution in [1.29, 1.82) is 0 Å². The third kappa shape index (κ3) is 3.28. The third-order valence-electron chi connectivity index (χ3n) is 3.80. The summed E-state index contributed by atoms with van der Waals surface area (Å²) in [4.78, 5) is 17.0. The fourth-order valence-corrected chi connectivity index (χ4v) is 2.66. The van der Waals surface area contributed by atoms with Gasteiger partial charge in [-0.15, -0.1) is 10.2 Å².